The van der Waals surface area contributed by atoms with Crippen molar-refractivity contribution in [1.29, 1.82) is 0 Å². The predicted octanol–water partition coefficient (Wildman–Crippen LogP) is 5.29. The molecule has 148 valence electrons. The topological polar surface area (TPSA) is 40.2 Å². The maximum absolute atomic E-state index is 5.66. The summed E-state index contributed by atoms with van der Waals surface area (Å²) in [5.41, 5.74) is 0. The molecule has 1 saturated heterocycles. The molecular formula is C21H40O4. The largest absolute Gasteiger partial charge is 0.370 e. The Morgan fingerprint density at radius 2 is 1.64 bits per heavy atom. The molecule has 1 aliphatic carbocycles. The summed E-state index contributed by atoms with van der Waals surface area (Å²) in [4.78, 5) is 0. The molecule has 0 amide bonds. The van der Waals surface area contributed by atoms with Gasteiger partial charge >= 0.3 is 0 Å². The zero-order chi connectivity index (χ0) is 18.1. The quantitative estimate of drug-likeness (QED) is 0.241. The van der Waals surface area contributed by atoms with Crippen molar-refractivity contribution in [1.82, 2.24) is 0 Å². The maximum atomic E-state index is 5.66. The summed E-state index contributed by atoms with van der Waals surface area (Å²) in [6.07, 6.45) is 16.6. The van der Waals surface area contributed by atoms with Gasteiger partial charge in [0.05, 0.1) is 12.2 Å². The van der Waals surface area contributed by atoms with Crippen molar-refractivity contribution in [2.75, 3.05) is 21.3 Å². The van der Waals surface area contributed by atoms with E-state index < -0.39 is 5.97 Å². The van der Waals surface area contributed by atoms with E-state index in [2.05, 4.69) is 6.92 Å². The number of fused-ring (bicyclic) bond motifs is 1. The van der Waals surface area contributed by atoms with Crippen LogP contribution in [0.15, 0.2) is 0 Å². The van der Waals surface area contributed by atoms with E-state index in [9.17, 15) is 0 Å². The van der Waals surface area contributed by atoms with E-state index in [1.807, 2.05) is 0 Å². The van der Waals surface area contributed by atoms with E-state index in [-0.39, 0.29) is 0 Å². The van der Waals surface area contributed by atoms with Crippen LogP contribution in [-0.2, 0) is 18.9 Å². The highest BCUT2D eigenvalue weighted by molar-refractivity contribution is 4.91. The molecule has 1 saturated carbocycles. The SMILES string of the molecule is CCC(CCCCCCC(OC)(OC)OC)CCC1CCC2OC2C1. The average molecular weight is 357 g/mol. The second-order valence-electron chi connectivity index (χ2n) is 7.99. The number of hydrogen-bond donors (Lipinski definition) is 0. The highest BCUT2D eigenvalue weighted by atomic mass is 16.9. The summed E-state index contributed by atoms with van der Waals surface area (Å²) in [6.45, 7) is 2.36. The zero-order valence-corrected chi connectivity index (χ0v) is 16.9. The molecule has 2 aliphatic rings. The molecule has 4 heteroatoms. The van der Waals surface area contributed by atoms with Gasteiger partial charge in [-0.25, -0.2) is 0 Å². The summed E-state index contributed by atoms with van der Waals surface area (Å²) in [5.74, 6) is 0.993. The first-order chi connectivity index (χ1) is 12.2. The van der Waals surface area contributed by atoms with Crippen LogP contribution in [0.2, 0.25) is 0 Å². The lowest BCUT2D eigenvalue weighted by atomic mass is 9.82. The van der Waals surface area contributed by atoms with Crippen LogP contribution in [0, 0.1) is 11.8 Å². The first-order valence-electron chi connectivity index (χ1n) is 10.5. The lowest BCUT2D eigenvalue weighted by Crippen LogP contribution is -2.35. The van der Waals surface area contributed by atoms with Gasteiger partial charge in [0.2, 0.25) is 0 Å². The van der Waals surface area contributed by atoms with E-state index in [1.165, 1.54) is 64.2 Å². The Balaban J connectivity index is 1.50. The van der Waals surface area contributed by atoms with Gasteiger partial charge in [-0.15, -0.1) is 0 Å². The molecule has 4 unspecified atom stereocenters. The molecule has 0 aromatic carbocycles. The highest BCUT2D eigenvalue weighted by Crippen LogP contribution is 2.41. The number of methoxy groups -OCH3 is 3. The Morgan fingerprint density at radius 3 is 2.28 bits per heavy atom. The van der Waals surface area contributed by atoms with Gasteiger partial charge in [0.1, 0.15) is 0 Å². The van der Waals surface area contributed by atoms with Gasteiger partial charge in [0.15, 0.2) is 0 Å². The molecular weight excluding hydrogens is 316 g/mol. The first-order valence-corrected chi connectivity index (χ1v) is 10.5. The van der Waals surface area contributed by atoms with Crippen LogP contribution in [0.1, 0.15) is 84.0 Å². The number of unbranched alkanes of at least 4 members (excludes halogenated alkanes) is 3. The molecule has 4 atom stereocenters. The summed E-state index contributed by atoms with van der Waals surface area (Å²) in [5, 5.41) is 0. The van der Waals surface area contributed by atoms with Gasteiger partial charge in [-0.05, 0) is 37.5 Å². The van der Waals surface area contributed by atoms with Crippen molar-refractivity contribution < 1.29 is 18.9 Å². The van der Waals surface area contributed by atoms with Crippen LogP contribution >= 0.6 is 0 Å². The van der Waals surface area contributed by atoms with Crippen LogP contribution in [0.4, 0.5) is 0 Å². The van der Waals surface area contributed by atoms with Crippen LogP contribution in [0.3, 0.4) is 0 Å². The van der Waals surface area contributed by atoms with Gasteiger partial charge in [-0.1, -0.05) is 51.9 Å². The second-order valence-corrected chi connectivity index (χ2v) is 7.99. The molecule has 0 aromatic rings. The third-order valence-electron chi connectivity index (χ3n) is 6.45. The molecule has 4 nitrogen and oxygen atoms in total. The Kier molecular flexibility index (Phi) is 9.18. The fraction of sp³-hybridized carbons (Fsp3) is 1.00. The molecule has 1 heterocycles. The maximum Gasteiger partial charge on any atom is 0.282 e. The molecule has 2 rings (SSSR count). The average Bonchev–Trinajstić information content (AvgIpc) is 3.43. The Morgan fingerprint density at radius 1 is 0.920 bits per heavy atom. The molecule has 1 aliphatic heterocycles. The molecule has 2 fully saturated rings. The summed E-state index contributed by atoms with van der Waals surface area (Å²) in [7, 11) is 4.92. The van der Waals surface area contributed by atoms with Gasteiger partial charge in [0.25, 0.3) is 5.97 Å². The zero-order valence-electron chi connectivity index (χ0n) is 16.9. The van der Waals surface area contributed by atoms with Crippen LogP contribution in [0.25, 0.3) is 0 Å². The van der Waals surface area contributed by atoms with E-state index in [0.717, 1.165) is 24.7 Å². The third-order valence-corrected chi connectivity index (χ3v) is 6.45. The first kappa shape index (κ1) is 21.1. The summed E-state index contributed by atoms with van der Waals surface area (Å²) in [6, 6.07) is 0. The second kappa shape index (κ2) is 10.9. The minimum Gasteiger partial charge on any atom is -0.370 e. The van der Waals surface area contributed by atoms with E-state index in [1.54, 1.807) is 21.3 Å². The fourth-order valence-electron chi connectivity index (χ4n) is 4.46. The molecule has 0 spiro atoms. The Hall–Kier alpha value is -0.160. The molecule has 0 N–H and O–H groups in total. The van der Waals surface area contributed by atoms with Gasteiger partial charge in [-0.3, -0.25) is 0 Å². The van der Waals surface area contributed by atoms with Crippen LogP contribution < -0.4 is 0 Å². The molecule has 0 aromatic heterocycles. The van der Waals surface area contributed by atoms with Crippen molar-refractivity contribution in [3.05, 3.63) is 0 Å². The minimum atomic E-state index is -0.851. The smallest absolute Gasteiger partial charge is 0.282 e. The van der Waals surface area contributed by atoms with Crippen LogP contribution in [-0.4, -0.2) is 39.5 Å². The van der Waals surface area contributed by atoms with Crippen molar-refractivity contribution in [3.8, 4) is 0 Å². The van der Waals surface area contributed by atoms with E-state index in [4.69, 9.17) is 18.9 Å². The lowest BCUT2D eigenvalue weighted by Gasteiger charge is -2.28. The van der Waals surface area contributed by atoms with Crippen LogP contribution in [0.5, 0.6) is 0 Å². The molecule has 0 bridgehead atoms. The Bertz CT molecular complexity index is 348. The van der Waals surface area contributed by atoms with Gasteiger partial charge < -0.3 is 18.9 Å². The van der Waals surface area contributed by atoms with Gasteiger partial charge in [0, 0.05) is 27.8 Å². The monoisotopic (exact) mass is 356 g/mol. The lowest BCUT2D eigenvalue weighted by molar-refractivity contribution is -0.355. The van der Waals surface area contributed by atoms with Gasteiger partial charge in [-0.2, -0.15) is 0 Å². The van der Waals surface area contributed by atoms with E-state index >= 15 is 0 Å². The van der Waals surface area contributed by atoms with Crippen molar-refractivity contribution >= 4 is 0 Å². The highest BCUT2D eigenvalue weighted by Gasteiger charge is 2.43. The summed E-state index contributed by atoms with van der Waals surface area (Å²) >= 11 is 0. The van der Waals surface area contributed by atoms with Crippen molar-refractivity contribution in [3.63, 3.8) is 0 Å². The normalized spacial score (nSPS) is 27.1. The third kappa shape index (κ3) is 6.82. The number of epoxide rings is 1. The predicted molar refractivity (Wildman–Crippen MR) is 100 cm³/mol. The van der Waals surface area contributed by atoms with E-state index in [0.29, 0.717) is 12.2 Å². The standard InChI is InChI=1S/C21H40O4/c1-5-17(11-12-18-13-14-19-20(16-18)25-19)10-8-6-7-9-15-21(22-2,23-3)24-4/h17-20H,5-16H2,1-4H3. The number of ether oxygens (including phenoxy) is 4. The number of hydrogen-bond acceptors (Lipinski definition) is 4. The van der Waals surface area contributed by atoms with Crippen molar-refractivity contribution in [2.45, 2.75) is 102 Å². The molecule has 0 radical (unpaired) electrons. The Labute approximate surface area is 154 Å². The number of rotatable bonds is 14. The minimum absolute atomic E-state index is 0.636. The fourth-order valence-corrected chi connectivity index (χ4v) is 4.46. The molecule has 25 heavy (non-hydrogen) atoms. The van der Waals surface area contributed by atoms with Crippen molar-refractivity contribution in [2.24, 2.45) is 11.8 Å². The summed E-state index contributed by atoms with van der Waals surface area (Å²) < 4.78 is 21.7.